The zero-order valence-corrected chi connectivity index (χ0v) is 13.5. The second-order valence-corrected chi connectivity index (χ2v) is 8.00. The van der Waals surface area contributed by atoms with Crippen LogP contribution in [0.1, 0.15) is 10.4 Å². The van der Waals surface area contributed by atoms with E-state index in [1.165, 1.54) is 26.8 Å². The summed E-state index contributed by atoms with van der Waals surface area (Å²) in [6.45, 7) is 1.49. The van der Waals surface area contributed by atoms with Crippen molar-refractivity contribution in [3.05, 3.63) is 59.7 Å². The maximum absolute atomic E-state index is 14.3. The minimum atomic E-state index is -3.31. The van der Waals surface area contributed by atoms with Crippen molar-refractivity contribution < 1.29 is 22.4 Å². The summed E-state index contributed by atoms with van der Waals surface area (Å²) in [4.78, 5) is 12.7. The molecular weight excluding hydrogens is 306 g/mol. The Morgan fingerprint density at radius 2 is 1.59 bits per heavy atom. The SMILES string of the molecule is CO[Si](C)(OC)C(=O)c1c(-c2ccccc2)ccc(F)c1F. The van der Waals surface area contributed by atoms with Crippen LogP contribution in [0.5, 0.6) is 0 Å². The van der Waals surface area contributed by atoms with Crippen molar-refractivity contribution in [2.45, 2.75) is 6.55 Å². The smallest absolute Gasteiger partial charge is 0.393 e. The van der Waals surface area contributed by atoms with Gasteiger partial charge in [0.2, 0.25) is 5.41 Å². The van der Waals surface area contributed by atoms with Crippen molar-refractivity contribution in [1.82, 2.24) is 0 Å². The Balaban J connectivity index is 2.69. The Morgan fingerprint density at radius 1 is 1.00 bits per heavy atom. The minimum Gasteiger partial charge on any atom is -0.393 e. The predicted molar refractivity (Wildman–Crippen MR) is 81.8 cm³/mol. The molecule has 0 radical (unpaired) electrons. The number of carbonyl (C=O) groups is 1. The lowest BCUT2D eigenvalue weighted by molar-refractivity contribution is 0.0981. The van der Waals surface area contributed by atoms with Crippen molar-refractivity contribution in [3.63, 3.8) is 0 Å². The van der Waals surface area contributed by atoms with Crippen LogP contribution in [0, 0.1) is 11.6 Å². The summed E-state index contributed by atoms with van der Waals surface area (Å²) in [6, 6.07) is 11.2. The van der Waals surface area contributed by atoms with E-state index in [-0.39, 0.29) is 5.56 Å². The third-order valence-corrected chi connectivity index (χ3v) is 6.23. The Bertz CT molecular complexity index is 685. The van der Waals surface area contributed by atoms with Crippen molar-refractivity contribution >= 4 is 14.0 Å². The fraction of sp³-hybridized carbons (Fsp3) is 0.188. The summed E-state index contributed by atoms with van der Waals surface area (Å²) < 4.78 is 38.3. The second-order valence-electron chi connectivity index (χ2n) is 4.83. The van der Waals surface area contributed by atoms with Crippen LogP contribution in [0.15, 0.2) is 42.5 Å². The zero-order valence-electron chi connectivity index (χ0n) is 12.5. The maximum Gasteiger partial charge on any atom is 0.412 e. The second kappa shape index (κ2) is 6.47. The van der Waals surface area contributed by atoms with Gasteiger partial charge in [-0.25, -0.2) is 8.78 Å². The number of rotatable bonds is 5. The van der Waals surface area contributed by atoms with Crippen LogP contribution in [0.3, 0.4) is 0 Å². The standard InChI is InChI=1S/C16H16F2O3Si/c1-20-22(3,21-2)16(19)14-12(9-10-13(17)15(14)18)11-7-5-4-6-8-11/h4-10H,1-3H3. The molecule has 0 saturated heterocycles. The molecule has 0 saturated carbocycles. The first kappa shape index (κ1) is 16.5. The monoisotopic (exact) mass is 322 g/mol. The molecule has 0 N–H and O–H groups in total. The Kier molecular flexibility index (Phi) is 4.85. The van der Waals surface area contributed by atoms with Crippen LogP contribution >= 0.6 is 0 Å². The normalized spacial score (nSPS) is 11.5. The van der Waals surface area contributed by atoms with Crippen LogP contribution in [-0.4, -0.2) is 28.2 Å². The molecule has 6 heteroatoms. The molecule has 0 aromatic heterocycles. The van der Waals surface area contributed by atoms with E-state index in [0.29, 0.717) is 11.1 Å². The van der Waals surface area contributed by atoms with E-state index < -0.39 is 25.6 Å². The molecule has 0 bridgehead atoms. The van der Waals surface area contributed by atoms with Crippen molar-refractivity contribution in [2.75, 3.05) is 14.2 Å². The number of hydrogen-bond acceptors (Lipinski definition) is 3. The molecule has 0 unspecified atom stereocenters. The van der Waals surface area contributed by atoms with Gasteiger partial charge in [-0.15, -0.1) is 0 Å². The third-order valence-electron chi connectivity index (χ3n) is 3.60. The molecule has 22 heavy (non-hydrogen) atoms. The first-order valence-corrected chi connectivity index (χ1v) is 8.94. The van der Waals surface area contributed by atoms with E-state index in [1.807, 2.05) is 0 Å². The van der Waals surface area contributed by atoms with Gasteiger partial charge in [-0.3, -0.25) is 4.79 Å². The van der Waals surface area contributed by atoms with Gasteiger partial charge in [0, 0.05) is 14.2 Å². The van der Waals surface area contributed by atoms with Crippen LogP contribution in [0.4, 0.5) is 8.78 Å². The molecule has 0 heterocycles. The molecule has 0 aliphatic heterocycles. The van der Waals surface area contributed by atoms with Crippen LogP contribution in [0.2, 0.25) is 6.55 Å². The van der Waals surface area contributed by atoms with Gasteiger partial charge in [-0.2, -0.15) is 0 Å². The molecule has 0 amide bonds. The van der Waals surface area contributed by atoms with Gasteiger partial charge in [-0.1, -0.05) is 36.4 Å². The van der Waals surface area contributed by atoms with Crippen LogP contribution in [0.25, 0.3) is 11.1 Å². The summed E-state index contributed by atoms with van der Waals surface area (Å²) in [5.74, 6) is -2.26. The summed E-state index contributed by atoms with van der Waals surface area (Å²) >= 11 is 0. The highest BCUT2D eigenvalue weighted by Gasteiger charge is 2.42. The van der Waals surface area contributed by atoms with Gasteiger partial charge in [0.1, 0.15) is 0 Å². The summed E-state index contributed by atoms with van der Waals surface area (Å²) in [7, 11) is -0.653. The fourth-order valence-corrected chi connectivity index (χ4v) is 3.36. The van der Waals surface area contributed by atoms with Gasteiger partial charge in [0.05, 0.1) is 5.56 Å². The Labute approximate surface area is 128 Å². The van der Waals surface area contributed by atoms with Gasteiger partial charge in [0.15, 0.2) is 11.6 Å². The molecule has 0 spiro atoms. The molecule has 0 aliphatic rings. The summed E-state index contributed by atoms with van der Waals surface area (Å²) in [5.41, 5.74) is 0.606. The largest absolute Gasteiger partial charge is 0.412 e. The van der Waals surface area contributed by atoms with E-state index >= 15 is 0 Å². The molecule has 2 aromatic carbocycles. The van der Waals surface area contributed by atoms with Gasteiger partial charge < -0.3 is 8.85 Å². The molecule has 2 rings (SSSR count). The number of hydrogen-bond donors (Lipinski definition) is 0. The van der Waals surface area contributed by atoms with Gasteiger partial charge in [-0.05, 0) is 23.7 Å². The average molecular weight is 322 g/mol. The van der Waals surface area contributed by atoms with Gasteiger partial charge in [0.25, 0.3) is 0 Å². The van der Waals surface area contributed by atoms with Crippen molar-refractivity contribution in [2.24, 2.45) is 0 Å². The number of carbonyl (C=O) groups excluding carboxylic acids is 1. The lowest BCUT2D eigenvalue weighted by Crippen LogP contribution is -2.46. The highest BCUT2D eigenvalue weighted by Crippen LogP contribution is 2.30. The fourth-order valence-electron chi connectivity index (χ4n) is 2.13. The van der Waals surface area contributed by atoms with Gasteiger partial charge >= 0.3 is 8.56 Å². The first-order valence-electron chi connectivity index (χ1n) is 6.63. The van der Waals surface area contributed by atoms with E-state index in [0.717, 1.165) is 6.07 Å². The molecule has 0 atom stereocenters. The topological polar surface area (TPSA) is 35.5 Å². The van der Waals surface area contributed by atoms with Crippen LogP contribution in [-0.2, 0) is 8.85 Å². The third kappa shape index (κ3) is 2.85. The zero-order chi connectivity index (χ0) is 16.3. The quantitative estimate of drug-likeness (QED) is 0.787. The van der Waals surface area contributed by atoms with Crippen molar-refractivity contribution in [3.8, 4) is 11.1 Å². The average Bonchev–Trinajstić information content (AvgIpc) is 2.56. The minimum absolute atomic E-state index is 0.317. The predicted octanol–water partition coefficient (Wildman–Crippen LogP) is 3.72. The highest BCUT2D eigenvalue weighted by atomic mass is 28.4. The van der Waals surface area contributed by atoms with Crippen LogP contribution < -0.4 is 0 Å². The maximum atomic E-state index is 14.3. The molecule has 0 aliphatic carbocycles. The first-order chi connectivity index (χ1) is 10.4. The molecule has 2 aromatic rings. The number of benzene rings is 2. The lowest BCUT2D eigenvalue weighted by atomic mass is 9.99. The molecule has 3 nitrogen and oxygen atoms in total. The molecule has 0 fully saturated rings. The molecule has 116 valence electrons. The molecular formula is C16H16F2O3Si. The van der Waals surface area contributed by atoms with E-state index in [4.69, 9.17) is 8.85 Å². The Morgan fingerprint density at radius 3 is 2.14 bits per heavy atom. The van der Waals surface area contributed by atoms with E-state index in [9.17, 15) is 13.6 Å². The Hall–Kier alpha value is -1.89. The summed E-state index contributed by atoms with van der Waals surface area (Å²) in [6.07, 6.45) is 0. The summed E-state index contributed by atoms with van der Waals surface area (Å²) in [5, 5.41) is -0.645. The van der Waals surface area contributed by atoms with E-state index in [1.54, 1.807) is 30.3 Å². The van der Waals surface area contributed by atoms with E-state index in [2.05, 4.69) is 0 Å². The lowest BCUT2D eigenvalue weighted by Gasteiger charge is -2.22. The van der Waals surface area contributed by atoms with Crippen molar-refractivity contribution in [1.29, 1.82) is 0 Å². The number of halogens is 2. The highest BCUT2D eigenvalue weighted by molar-refractivity contribution is 6.98.